The molecule has 0 heteroatoms. The van der Waals surface area contributed by atoms with E-state index in [1.165, 1.54) is 49.7 Å². The van der Waals surface area contributed by atoms with E-state index in [-0.39, 0.29) is 5.41 Å². The van der Waals surface area contributed by atoms with Crippen molar-refractivity contribution in [1.82, 2.24) is 0 Å². The molecule has 0 unspecified atom stereocenters. The van der Waals surface area contributed by atoms with E-state index < -0.39 is 0 Å². The van der Waals surface area contributed by atoms with E-state index in [4.69, 9.17) is 0 Å². The van der Waals surface area contributed by atoms with Crippen molar-refractivity contribution >= 4 is 0 Å². The zero-order chi connectivity index (χ0) is 15.0. The molecule has 0 spiro atoms. The molecule has 0 saturated carbocycles. The fraction of sp³-hybridized carbons (Fsp3) is 0.429. The van der Waals surface area contributed by atoms with Crippen LogP contribution in [0.2, 0.25) is 0 Å². The predicted molar refractivity (Wildman–Crippen MR) is 92.7 cm³/mol. The first-order valence-electron chi connectivity index (χ1n) is 8.44. The summed E-state index contributed by atoms with van der Waals surface area (Å²) in [5.41, 5.74) is 3.16. The summed E-state index contributed by atoms with van der Waals surface area (Å²) in [4.78, 5) is 0. The van der Waals surface area contributed by atoms with Crippen LogP contribution in [0.5, 0.6) is 0 Å². The Kier molecular flexibility index (Phi) is 6.04. The quantitative estimate of drug-likeness (QED) is 0.528. The first-order chi connectivity index (χ1) is 10.3. The third-order valence-corrected chi connectivity index (χ3v) is 4.57. The third-order valence-electron chi connectivity index (χ3n) is 4.57. The summed E-state index contributed by atoms with van der Waals surface area (Å²) in [7, 11) is 0. The second-order valence-electron chi connectivity index (χ2n) is 6.02. The summed E-state index contributed by atoms with van der Waals surface area (Å²) in [6.07, 6.45) is 7.58. The van der Waals surface area contributed by atoms with Crippen molar-refractivity contribution < 1.29 is 0 Å². The van der Waals surface area contributed by atoms with Crippen LogP contribution in [0.25, 0.3) is 0 Å². The van der Waals surface area contributed by atoms with E-state index in [1.807, 2.05) is 0 Å². The minimum Gasteiger partial charge on any atom is -0.0654 e. The standard InChI is InChI=1S/C21H28/c1-3-5-17-21(18-6-4-2,19-13-9-7-10-14-19)20-15-11-8-12-16-20/h7-16H,3-6,17-18H2,1-2H3. The Morgan fingerprint density at radius 2 is 1.00 bits per heavy atom. The molecule has 0 aromatic heterocycles. The molecular formula is C21H28. The van der Waals surface area contributed by atoms with E-state index in [9.17, 15) is 0 Å². The molecule has 112 valence electrons. The van der Waals surface area contributed by atoms with Crippen molar-refractivity contribution in [2.45, 2.75) is 57.8 Å². The summed E-state index contributed by atoms with van der Waals surface area (Å²) >= 11 is 0. The van der Waals surface area contributed by atoms with Gasteiger partial charge in [-0.15, -0.1) is 0 Å². The summed E-state index contributed by atoms with van der Waals surface area (Å²) in [5.74, 6) is 0. The molecule has 2 rings (SSSR count). The highest BCUT2D eigenvalue weighted by Crippen LogP contribution is 2.41. The highest BCUT2D eigenvalue weighted by Gasteiger charge is 2.32. The van der Waals surface area contributed by atoms with Crippen LogP contribution in [-0.2, 0) is 5.41 Å². The molecule has 0 heterocycles. The van der Waals surface area contributed by atoms with Gasteiger partial charge in [0.05, 0.1) is 0 Å². The Morgan fingerprint density at radius 1 is 0.619 bits per heavy atom. The Balaban J connectivity index is 2.48. The van der Waals surface area contributed by atoms with Crippen molar-refractivity contribution in [2.24, 2.45) is 0 Å². The minimum absolute atomic E-state index is 0.189. The van der Waals surface area contributed by atoms with Gasteiger partial charge in [-0.25, -0.2) is 0 Å². The van der Waals surface area contributed by atoms with Crippen molar-refractivity contribution in [1.29, 1.82) is 0 Å². The van der Waals surface area contributed by atoms with Gasteiger partial charge in [0.25, 0.3) is 0 Å². The lowest BCUT2D eigenvalue weighted by atomic mass is 9.68. The van der Waals surface area contributed by atoms with Crippen molar-refractivity contribution in [3.05, 3.63) is 71.8 Å². The van der Waals surface area contributed by atoms with Crippen LogP contribution in [0, 0.1) is 0 Å². The van der Waals surface area contributed by atoms with Crippen LogP contribution in [0.3, 0.4) is 0 Å². The van der Waals surface area contributed by atoms with Gasteiger partial charge >= 0.3 is 0 Å². The highest BCUT2D eigenvalue weighted by atomic mass is 14.4. The molecule has 0 radical (unpaired) electrons. The maximum atomic E-state index is 2.32. The first-order valence-corrected chi connectivity index (χ1v) is 8.44. The summed E-state index contributed by atoms with van der Waals surface area (Å²) in [6, 6.07) is 22.3. The fourth-order valence-electron chi connectivity index (χ4n) is 3.34. The average molecular weight is 280 g/mol. The summed E-state index contributed by atoms with van der Waals surface area (Å²) in [6.45, 7) is 4.58. The van der Waals surface area contributed by atoms with Crippen LogP contribution in [0.15, 0.2) is 60.7 Å². The molecule has 0 bridgehead atoms. The lowest BCUT2D eigenvalue weighted by Crippen LogP contribution is -2.28. The predicted octanol–water partition coefficient (Wildman–Crippen LogP) is 6.35. The smallest absolute Gasteiger partial charge is 0.0202 e. The largest absolute Gasteiger partial charge is 0.0654 e. The Bertz CT molecular complexity index is 449. The molecule has 0 amide bonds. The third kappa shape index (κ3) is 3.75. The van der Waals surface area contributed by atoms with Crippen LogP contribution in [0.1, 0.15) is 63.5 Å². The molecule has 0 atom stereocenters. The van der Waals surface area contributed by atoms with Gasteiger partial charge in [0, 0.05) is 5.41 Å². The molecular weight excluding hydrogens is 252 g/mol. The summed E-state index contributed by atoms with van der Waals surface area (Å²) in [5, 5.41) is 0. The monoisotopic (exact) mass is 280 g/mol. The van der Waals surface area contributed by atoms with Gasteiger partial charge in [-0.1, -0.05) is 100 Å². The van der Waals surface area contributed by atoms with Gasteiger partial charge in [-0.05, 0) is 24.0 Å². The second kappa shape index (κ2) is 8.02. The Hall–Kier alpha value is -1.56. The fourth-order valence-corrected chi connectivity index (χ4v) is 3.34. The zero-order valence-electron chi connectivity index (χ0n) is 13.5. The molecule has 0 nitrogen and oxygen atoms in total. The first kappa shape index (κ1) is 15.8. The number of benzene rings is 2. The summed E-state index contributed by atoms with van der Waals surface area (Å²) < 4.78 is 0. The molecule has 0 N–H and O–H groups in total. The average Bonchev–Trinajstić information content (AvgIpc) is 2.57. The number of hydrogen-bond acceptors (Lipinski definition) is 0. The van der Waals surface area contributed by atoms with Gasteiger partial charge < -0.3 is 0 Å². The van der Waals surface area contributed by atoms with E-state index >= 15 is 0 Å². The SMILES string of the molecule is CCCCC(CCCC)(c1ccccc1)c1ccccc1. The van der Waals surface area contributed by atoms with Gasteiger partial charge in [-0.3, -0.25) is 0 Å². The van der Waals surface area contributed by atoms with Crippen molar-refractivity contribution in [2.75, 3.05) is 0 Å². The Morgan fingerprint density at radius 3 is 1.33 bits per heavy atom. The topological polar surface area (TPSA) is 0 Å². The molecule has 0 saturated heterocycles. The number of rotatable bonds is 8. The van der Waals surface area contributed by atoms with Gasteiger partial charge in [0.1, 0.15) is 0 Å². The number of unbranched alkanes of at least 4 members (excludes halogenated alkanes) is 2. The zero-order valence-corrected chi connectivity index (χ0v) is 13.5. The molecule has 2 aromatic rings. The lowest BCUT2D eigenvalue weighted by Gasteiger charge is -2.35. The maximum Gasteiger partial charge on any atom is 0.0202 e. The normalized spacial score (nSPS) is 11.5. The van der Waals surface area contributed by atoms with Crippen LogP contribution >= 0.6 is 0 Å². The molecule has 2 aromatic carbocycles. The highest BCUT2D eigenvalue weighted by molar-refractivity contribution is 5.39. The molecule has 0 aliphatic carbocycles. The Labute approximate surface area is 130 Å². The van der Waals surface area contributed by atoms with Crippen LogP contribution in [0.4, 0.5) is 0 Å². The molecule has 0 aliphatic rings. The van der Waals surface area contributed by atoms with E-state index in [2.05, 4.69) is 74.5 Å². The molecule has 21 heavy (non-hydrogen) atoms. The molecule has 0 fully saturated rings. The van der Waals surface area contributed by atoms with Crippen LogP contribution in [-0.4, -0.2) is 0 Å². The maximum absolute atomic E-state index is 2.32. The van der Waals surface area contributed by atoms with Crippen molar-refractivity contribution in [3.63, 3.8) is 0 Å². The van der Waals surface area contributed by atoms with Crippen LogP contribution < -0.4 is 0 Å². The van der Waals surface area contributed by atoms with E-state index in [0.29, 0.717) is 0 Å². The van der Waals surface area contributed by atoms with Gasteiger partial charge in [0.15, 0.2) is 0 Å². The van der Waals surface area contributed by atoms with E-state index in [0.717, 1.165) is 0 Å². The van der Waals surface area contributed by atoms with Crippen molar-refractivity contribution in [3.8, 4) is 0 Å². The van der Waals surface area contributed by atoms with Gasteiger partial charge in [0.2, 0.25) is 0 Å². The van der Waals surface area contributed by atoms with Gasteiger partial charge in [-0.2, -0.15) is 0 Å². The minimum atomic E-state index is 0.189. The molecule has 0 aliphatic heterocycles. The second-order valence-corrected chi connectivity index (χ2v) is 6.02. The van der Waals surface area contributed by atoms with E-state index in [1.54, 1.807) is 0 Å². The lowest BCUT2D eigenvalue weighted by molar-refractivity contribution is 0.406. The number of hydrogen-bond donors (Lipinski definition) is 0.